The van der Waals surface area contributed by atoms with Gasteiger partial charge in [0.15, 0.2) is 11.6 Å². The second-order valence-corrected chi connectivity index (χ2v) is 7.33. The topological polar surface area (TPSA) is 82.7 Å². The molecule has 0 aliphatic carbocycles. The summed E-state index contributed by atoms with van der Waals surface area (Å²) in [4.78, 5) is 11.2. The van der Waals surface area contributed by atoms with Crippen molar-refractivity contribution in [2.75, 3.05) is 6.61 Å². The van der Waals surface area contributed by atoms with Crippen LogP contribution in [-0.4, -0.2) is 32.5 Å². The number of carboxylic acids is 1. The molecule has 31 heavy (non-hydrogen) atoms. The number of rotatable bonds is 5. The smallest absolute Gasteiger partial charge is 0.335 e. The second kappa shape index (κ2) is 7.85. The molecule has 158 valence electrons. The Morgan fingerprint density at radius 2 is 1.65 bits per heavy atom. The number of carbonyl (C=O) groups is 1. The number of hydrogen-bond donors (Lipinski definition) is 3. The largest absolute Gasteiger partial charge is 0.504 e. The molecule has 1 heterocycles. The predicted molar refractivity (Wildman–Crippen MR) is 113 cm³/mol. The Hall–Kier alpha value is -3.71. The fourth-order valence-electron chi connectivity index (χ4n) is 3.85. The molecule has 0 fully saturated rings. The van der Waals surface area contributed by atoms with Gasteiger partial charge in [-0.05, 0) is 54.1 Å². The molecular formula is C24H19F2NO4. The Morgan fingerprint density at radius 1 is 1.00 bits per heavy atom. The van der Waals surface area contributed by atoms with Gasteiger partial charge in [0.2, 0.25) is 0 Å². The normalized spacial score (nSPS) is 12.3. The molecule has 0 aliphatic heterocycles. The third-order valence-electron chi connectivity index (χ3n) is 5.34. The van der Waals surface area contributed by atoms with E-state index >= 15 is 0 Å². The van der Waals surface area contributed by atoms with Gasteiger partial charge in [0.05, 0.1) is 23.1 Å². The van der Waals surface area contributed by atoms with Crippen molar-refractivity contribution in [1.29, 1.82) is 0 Å². The van der Waals surface area contributed by atoms with E-state index in [0.29, 0.717) is 28.0 Å². The molecule has 3 N–H and O–H groups in total. The standard InChI is InChI=1S/C24H19F2NO4/c1-13(12-28)22-20(14-2-4-15(5-3-14)24(30)31)21-19(11-10-18(26)23(21)29)27(22)17-8-6-16(25)7-9-17/h2-11,13,28-29H,12H2,1H3,(H,30,31). The van der Waals surface area contributed by atoms with Crippen molar-refractivity contribution in [3.63, 3.8) is 0 Å². The molecule has 1 unspecified atom stereocenters. The van der Waals surface area contributed by atoms with Gasteiger partial charge >= 0.3 is 5.97 Å². The molecule has 1 atom stereocenters. The zero-order chi connectivity index (χ0) is 22.3. The van der Waals surface area contributed by atoms with Crippen molar-refractivity contribution in [2.45, 2.75) is 12.8 Å². The number of benzene rings is 3. The van der Waals surface area contributed by atoms with Crippen LogP contribution in [0.3, 0.4) is 0 Å². The number of aromatic carboxylic acids is 1. The zero-order valence-electron chi connectivity index (χ0n) is 16.5. The van der Waals surface area contributed by atoms with Crippen molar-refractivity contribution in [2.24, 2.45) is 0 Å². The lowest BCUT2D eigenvalue weighted by atomic mass is 9.95. The average Bonchev–Trinajstić information content (AvgIpc) is 3.12. The predicted octanol–water partition coefficient (Wildman–Crippen LogP) is 5.08. The lowest BCUT2D eigenvalue weighted by Crippen LogP contribution is -2.08. The van der Waals surface area contributed by atoms with Crippen LogP contribution in [0.25, 0.3) is 27.7 Å². The molecular weight excluding hydrogens is 404 g/mol. The van der Waals surface area contributed by atoms with Crippen molar-refractivity contribution in [3.8, 4) is 22.6 Å². The molecule has 0 saturated heterocycles. The van der Waals surface area contributed by atoms with Crippen LogP contribution in [0, 0.1) is 11.6 Å². The van der Waals surface area contributed by atoms with E-state index in [1.54, 1.807) is 35.8 Å². The van der Waals surface area contributed by atoms with E-state index in [1.807, 2.05) is 0 Å². The first kappa shape index (κ1) is 20.6. The number of phenolic OH excluding ortho intramolecular Hbond substituents is 1. The quantitative estimate of drug-likeness (QED) is 0.418. The third kappa shape index (κ3) is 3.43. The Kier molecular flexibility index (Phi) is 5.20. The highest BCUT2D eigenvalue weighted by Crippen LogP contribution is 2.45. The number of nitrogens with zero attached hydrogens (tertiary/aromatic N) is 1. The first-order valence-corrected chi connectivity index (χ1v) is 9.59. The number of fused-ring (bicyclic) bond motifs is 1. The zero-order valence-corrected chi connectivity index (χ0v) is 16.5. The first-order chi connectivity index (χ1) is 14.8. The Balaban J connectivity index is 2.14. The molecule has 0 aliphatic rings. The van der Waals surface area contributed by atoms with E-state index < -0.39 is 29.3 Å². The number of phenols is 1. The minimum Gasteiger partial charge on any atom is -0.504 e. The maximum absolute atomic E-state index is 14.4. The first-order valence-electron chi connectivity index (χ1n) is 9.59. The summed E-state index contributed by atoms with van der Waals surface area (Å²) in [6.45, 7) is 1.54. The minimum atomic E-state index is -1.09. The Bertz CT molecular complexity index is 1280. The van der Waals surface area contributed by atoms with E-state index in [-0.39, 0.29) is 17.6 Å². The van der Waals surface area contributed by atoms with Crippen LogP contribution in [0.4, 0.5) is 8.78 Å². The van der Waals surface area contributed by atoms with Gasteiger partial charge in [0, 0.05) is 22.9 Å². The molecule has 0 bridgehead atoms. The van der Waals surface area contributed by atoms with Crippen LogP contribution >= 0.6 is 0 Å². The fraction of sp³-hybridized carbons (Fsp3) is 0.125. The van der Waals surface area contributed by atoms with Crippen LogP contribution in [0.15, 0.2) is 60.7 Å². The highest BCUT2D eigenvalue weighted by molar-refractivity contribution is 6.03. The molecule has 4 rings (SSSR count). The monoisotopic (exact) mass is 423 g/mol. The summed E-state index contributed by atoms with van der Waals surface area (Å²) in [6, 6.07) is 14.3. The fourth-order valence-corrected chi connectivity index (χ4v) is 3.85. The molecule has 3 aromatic carbocycles. The van der Waals surface area contributed by atoms with Crippen molar-refractivity contribution in [1.82, 2.24) is 4.57 Å². The van der Waals surface area contributed by atoms with Gasteiger partial charge in [-0.2, -0.15) is 0 Å². The summed E-state index contributed by atoms with van der Waals surface area (Å²) in [5.41, 5.74) is 2.72. The molecule has 5 nitrogen and oxygen atoms in total. The van der Waals surface area contributed by atoms with Gasteiger partial charge < -0.3 is 19.9 Å². The summed E-state index contributed by atoms with van der Waals surface area (Å²) < 4.78 is 29.6. The Morgan fingerprint density at radius 3 is 2.23 bits per heavy atom. The molecule has 0 spiro atoms. The van der Waals surface area contributed by atoms with Crippen LogP contribution in [-0.2, 0) is 0 Å². The number of hydrogen-bond acceptors (Lipinski definition) is 3. The van der Waals surface area contributed by atoms with Crippen molar-refractivity contribution in [3.05, 3.63) is 83.6 Å². The van der Waals surface area contributed by atoms with E-state index in [2.05, 4.69) is 0 Å². The van der Waals surface area contributed by atoms with E-state index in [9.17, 15) is 28.9 Å². The van der Waals surface area contributed by atoms with Crippen LogP contribution in [0.5, 0.6) is 5.75 Å². The van der Waals surface area contributed by atoms with Gasteiger partial charge in [0.1, 0.15) is 5.82 Å². The SMILES string of the molecule is CC(CO)c1c(-c2ccc(C(=O)O)cc2)c2c(O)c(F)ccc2n1-c1ccc(F)cc1. The summed E-state index contributed by atoms with van der Waals surface area (Å²) in [6.07, 6.45) is 0. The lowest BCUT2D eigenvalue weighted by Gasteiger charge is -2.17. The van der Waals surface area contributed by atoms with Crippen LogP contribution in [0.2, 0.25) is 0 Å². The van der Waals surface area contributed by atoms with Crippen molar-refractivity contribution >= 4 is 16.9 Å². The molecule has 0 radical (unpaired) electrons. The Labute approximate surface area is 176 Å². The van der Waals surface area contributed by atoms with Gasteiger partial charge in [0.25, 0.3) is 0 Å². The summed E-state index contributed by atoms with van der Waals surface area (Å²) in [5, 5.41) is 30.0. The summed E-state index contributed by atoms with van der Waals surface area (Å²) in [5.74, 6) is -3.31. The molecule has 7 heteroatoms. The average molecular weight is 423 g/mol. The number of halogens is 2. The number of carboxylic acid groups (broad SMARTS) is 1. The number of aliphatic hydroxyl groups is 1. The van der Waals surface area contributed by atoms with E-state index in [0.717, 1.165) is 6.07 Å². The third-order valence-corrected chi connectivity index (χ3v) is 5.34. The second-order valence-electron chi connectivity index (χ2n) is 7.33. The van der Waals surface area contributed by atoms with E-state index in [1.165, 1.54) is 30.3 Å². The lowest BCUT2D eigenvalue weighted by molar-refractivity contribution is 0.0697. The molecule has 0 amide bonds. The summed E-state index contributed by atoms with van der Waals surface area (Å²) >= 11 is 0. The highest BCUT2D eigenvalue weighted by Gasteiger charge is 2.26. The van der Waals surface area contributed by atoms with Gasteiger partial charge in [-0.25, -0.2) is 13.6 Å². The van der Waals surface area contributed by atoms with Gasteiger partial charge in [-0.3, -0.25) is 0 Å². The number of aromatic hydroxyl groups is 1. The highest BCUT2D eigenvalue weighted by atomic mass is 19.1. The maximum atomic E-state index is 14.4. The van der Waals surface area contributed by atoms with Crippen molar-refractivity contribution < 1.29 is 28.9 Å². The summed E-state index contributed by atoms with van der Waals surface area (Å²) in [7, 11) is 0. The maximum Gasteiger partial charge on any atom is 0.335 e. The van der Waals surface area contributed by atoms with Crippen LogP contribution < -0.4 is 0 Å². The van der Waals surface area contributed by atoms with Gasteiger partial charge in [-0.1, -0.05) is 19.1 Å². The van der Waals surface area contributed by atoms with E-state index in [4.69, 9.17) is 0 Å². The minimum absolute atomic E-state index is 0.0816. The molecule has 1 aromatic heterocycles. The van der Waals surface area contributed by atoms with Crippen LogP contribution in [0.1, 0.15) is 28.9 Å². The number of aliphatic hydroxyl groups excluding tert-OH is 1. The van der Waals surface area contributed by atoms with Gasteiger partial charge in [-0.15, -0.1) is 0 Å². The molecule has 4 aromatic rings. The number of aromatic nitrogens is 1. The molecule has 0 saturated carbocycles.